The first kappa shape index (κ1) is 23.5. The van der Waals surface area contributed by atoms with Crippen LogP contribution >= 0.6 is 0 Å². The van der Waals surface area contributed by atoms with Crippen LogP contribution in [0, 0.1) is 13.8 Å². The van der Waals surface area contributed by atoms with E-state index in [4.69, 9.17) is 14.2 Å². The van der Waals surface area contributed by atoms with Crippen LogP contribution in [0.25, 0.3) is 5.69 Å². The maximum Gasteiger partial charge on any atom is 0.344 e. The predicted molar refractivity (Wildman–Crippen MR) is 121 cm³/mol. The molecule has 3 aromatic rings. The molecule has 0 fully saturated rings. The van der Waals surface area contributed by atoms with Crippen molar-refractivity contribution in [3.63, 3.8) is 0 Å². The molecule has 0 aliphatic carbocycles. The second-order valence-corrected chi connectivity index (χ2v) is 7.34. The zero-order chi connectivity index (χ0) is 24.0. The summed E-state index contributed by atoms with van der Waals surface area (Å²) in [6.07, 6.45) is 0. The molecule has 0 spiro atoms. The Morgan fingerprint density at radius 3 is 2.36 bits per heavy atom. The molecule has 0 aliphatic rings. The van der Waals surface area contributed by atoms with E-state index in [0.29, 0.717) is 17.1 Å². The zero-order valence-corrected chi connectivity index (χ0v) is 18.9. The molecule has 3 rings (SSSR count). The maximum absolute atomic E-state index is 12.3. The van der Waals surface area contributed by atoms with Gasteiger partial charge in [-0.15, -0.1) is 0 Å². The Balaban J connectivity index is 1.54. The van der Waals surface area contributed by atoms with Gasteiger partial charge in [0.2, 0.25) is 0 Å². The predicted octanol–water partition coefficient (Wildman–Crippen LogP) is 3.26. The Labute approximate surface area is 191 Å². The molecule has 9 heteroatoms. The fraction of sp³-hybridized carbons (Fsp3) is 0.250. The van der Waals surface area contributed by atoms with Crippen molar-refractivity contribution in [2.45, 2.75) is 20.8 Å². The number of Topliss-reactive ketones (excluding diaryl/α,β-unsaturated/α-hetero) is 1. The Hall–Kier alpha value is -4.14. The second-order valence-electron chi connectivity index (χ2n) is 7.34. The number of carbonyl (C=O) groups excluding carboxylic acids is 3. The molecule has 1 N–H and O–H groups in total. The highest BCUT2D eigenvalue weighted by Crippen LogP contribution is 2.28. The third-order valence-corrected chi connectivity index (χ3v) is 4.66. The van der Waals surface area contributed by atoms with E-state index in [1.54, 1.807) is 16.8 Å². The Morgan fingerprint density at radius 2 is 1.70 bits per heavy atom. The lowest BCUT2D eigenvalue weighted by molar-refractivity contribution is -0.149. The van der Waals surface area contributed by atoms with Gasteiger partial charge in [-0.25, -0.2) is 9.48 Å². The molecule has 0 atom stereocenters. The minimum Gasteiger partial charge on any atom is -0.493 e. The van der Waals surface area contributed by atoms with Gasteiger partial charge in [0.1, 0.15) is 5.82 Å². The van der Waals surface area contributed by atoms with E-state index < -0.39 is 25.1 Å². The monoisotopic (exact) mass is 451 g/mol. The van der Waals surface area contributed by atoms with Crippen LogP contribution in [0.1, 0.15) is 28.5 Å². The molecule has 1 amide bonds. The number of rotatable bonds is 9. The summed E-state index contributed by atoms with van der Waals surface area (Å²) in [7, 11) is 1.43. The highest BCUT2D eigenvalue weighted by Gasteiger charge is 2.15. The first-order chi connectivity index (χ1) is 15.8. The molecule has 1 aromatic heterocycles. The van der Waals surface area contributed by atoms with Gasteiger partial charge in [0.05, 0.1) is 18.5 Å². The molecule has 0 saturated carbocycles. The van der Waals surface area contributed by atoms with Crippen molar-refractivity contribution in [1.82, 2.24) is 9.78 Å². The van der Waals surface area contributed by atoms with E-state index in [1.807, 2.05) is 38.1 Å². The van der Waals surface area contributed by atoms with Crippen molar-refractivity contribution in [3.8, 4) is 17.2 Å². The van der Waals surface area contributed by atoms with Crippen molar-refractivity contribution in [2.24, 2.45) is 0 Å². The number of esters is 1. The molecule has 0 aliphatic heterocycles. The summed E-state index contributed by atoms with van der Waals surface area (Å²) >= 11 is 0. The van der Waals surface area contributed by atoms with Gasteiger partial charge >= 0.3 is 5.97 Å². The minimum absolute atomic E-state index is 0.121. The molecule has 0 saturated heterocycles. The lowest BCUT2D eigenvalue weighted by atomic mass is 10.1. The van der Waals surface area contributed by atoms with E-state index >= 15 is 0 Å². The number of hydrogen-bond donors (Lipinski definition) is 1. The number of carbonyl (C=O) groups is 3. The quantitative estimate of drug-likeness (QED) is 0.393. The van der Waals surface area contributed by atoms with Crippen LogP contribution in [0.3, 0.4) is 0 Å². The van der Waals surface area contributed by atoms with Gasteiger partial charge in [-0.2, -0.15) is 5.10 Å². The summed E-state index contributed by atoms with van der Waals surface area (Å²) in [4.78, 5) is 35.8. The molecule has 1 heterocycles. The first-order valence-electron chi connectivity index (χ1n) is 10.2. The summed E-state index contributed by atoms with van der Waals surface area (Å²) in [6.45, 7) is 4.32. The van der Waals surface area contributed by atoms with E-state index in [-0.39, 0.29) is 11.5 Å². The number of hydrogen-bond acceptors (Lipinski definition) is 7. The third-order valence-electron chi connectivity index (χ3n) is 4.66. The highest BCUT2D eigenvalue weighted by atomic mass is 16.6. The number of benzene rings is 2. The summed E-state index contributed by atoms with van der Waals surface area (Å²) in [5.41, 5.74) is 3.08. The number of ether oxygens (including phenoxy) is 3. The van der Waals surface area contributed by atoms with Gasteiger partial charge in [0.25, 0.3) is 5.91 Å². The van der Waals surface area contributed by atoms with Gasteiger partial charge < -0.3 is 19.5 Å². The normalized spacial score (nSPS) is 10.4. The zero-order valence-electron chi connectivity index (χ0n) is 18.9. The van der Waals surface area contributed by atoms with Gasteiger partial charge in [-0.3, -0.25) is 9.59 Å². The summed E-state index contributed by atoms with van der Waals surface area (Å²) in [5, 5.41) is 7.10. The van der Waals surface area contributed by atoms with E-state index in [9.17, 15) is 14.4 Å². The fourth-order valence-corrected chi connectivity index (χ4v) is 2.98. The van der Waals surface area contributed by atoms with Crippen molar-refractivity contribution >= 4 is 23.5 Å². The van der Waals surface area contributed by atoms with Gasteiger partial charge in [0, 0.05) is 11.6 Å². The Morgan fingerprint density at radius 1 is 0.970 bits per heavy atom. The third kappa shape index (κ3) is 6.19. The van der Waals surface area contributed by atoms with Crippen LogP contribution < -0.4 is 14.8 Å². The standard InChI is InChI=1S/C24H25N3O6/c1-15-5-8-19(9-6-15)27-22(11-16(2)26-27)25-23(29)13-33-24(30)14-32-20-10-7-18(17(3)28)12-21(20)31-4/h5-12H,13-14H2,1-4H3,(H,25,29). The molecule has 0 radical (unpaired) electrons. The van der Waals surface area contributed by atoms with Gasteiger partial charge in [-0.05, 0) is 51.1 Å². The average Bonchev–Trinajstić information content (AvgIpc) is 3.16. The molecule has 0 unspecified atom stereocenters. The van der Waals surface area contributed by atoms with Crippen LogP contribution in [0.4, 0.5) is 5.82 Å². The number of amides is 1. The number of aromatic nitrogens is 2. The number of nitrogens with one attached hydrogen (secondary N) is 1. The molecule has 172 valence electrons. The van der Waals surface area contributed by atoms with Crippen LogP contribution in [0.2, 0.25) is 0 Å². The molecule has 0 bridgehead atoms. The molecule has 9 nitrogen and oxygen atoms in total. The molecule has 2 aromatic carbocycles. The second kappa shape index (κ2) is 10.4. The number of ketones is 1. The van der Waals surface area contributed by atoms with E-state index in [0.717, 1.165) is 16.9 Å². The summed E-state index contributed by atoms with van der Waals surface area (Å²) in [5.74, 6) is -0.312. The van der Waals surface area contributed by atoms with Crippen LogP contribution in [0.5, 0.6) is 11.5 Å². The van der Waals surface area contributed by atoms with Crippen LogP contribution in [0.15, 0.2) is 48.5 Å². The number of anilines is 1. The molecule has 33 heavy (non-hydrogen) atoms. The van der Waals surface area contributed by atoms with Crippen LogP contribution in [-0.4, -0.2) is 47.8 Å². The summed E-state index contributed by atoms with van der Waals surface area (Å²) in [6, 6.07) is 14.0. The fourth-order valence-electron chi connectivity index (χ4n) is 2.98. The lowest BCUT2D eigenvalue weighted by Crippen LogP contribution is -2.24. The van der Waals surface area contributed by atoms with Crippen molar-refractivity contribution < 1.29 is 28.6 Å². The van der Waals surface area contributed by atoms with Gasteiger partial charge in [-0.1, -0.05) is 17.7 Å². The smallest absolute Gasteiger partial charge is 0.344 e. The summed E-state index contributed by atoms with van der Waals surface area (Å²) < 4.78 is 17.2. The van der Waals surface area contributed by atoms with Crippen molar-refractivity contribution in [2.75, 3.05) is 25.6 Å². The largest absolute Gasteiger partial charge is 0.493 e. The van der Waals surface area contributed by atoms with E-state index in [2.05, 4.69) is 10.4 Å². The maximum atomic E-state index is 12.3. The highest BCUT2D eigenvalue weighted by molar-refractivity contribution is 5.94. The van der Waals surface area contributed by atoms with Crippen molar-refractivity contribution in [3.05, 3.63) is 65.4 Å². The Kier molecular flexibility index (Phi) is 7.45. The Bertz CT molecular complexity index is 1170. The first-order valence-corrected chi connectivity index (χ1v) is 10.2. The average molecular weight is 451 g/mol. The minimum atomic E-state index is -0.730. The topological polar surface area (TPSA) is 109 Å². The molecular weight excluding hydrogens is 426 g/mol. The van der Waals surface area contributed by atoms with Crippen LogP contribution in [-0.2, 0) is 14.3 Å². The van der Waals surface area contributed by atoms with Gasteiger partial charge in [0.15, 0.2) is 30.5 Å². The SMILES string of the molecule is COc1cc(C(C)=O)ccc1OCC(=O)OCC(=O)Nc1cc(C)nn1-c1ccc(C)cc1. The molecular formula is C24H25N3O6. The number of methoxy groups -OCH3 is 1. The van der Waals surface area contributed by atoms with Crippen molar-refractivity contribution in [1.29, 1.82) is 0 Å². The lowest BCUT2D eigenvalue weighted by Gasteiger charge is -2.12. The number of nitrogens with zero attached hydrogens (tertiary/aromatic N) is 2. The number of aryl methyl sites for hydroxylation is 2. The van der Waals surface area contributed by atoms with E-state index in [1.165, 1.54) is 26.2 Å².